The average molecular weight is 330 g/mol. The number of rotatable bonds is 7. The molecule has 0 saturated heterocycles. The van der Waals surface area contributed by atoms with Gasteiger partial charge in [-0.2, -0.15) is 0 Å². The number of halogens is 1. The second-order valence-electron chi connectivity index (χ2n) is 4.70. The highest BCUT2D eigenvalue weighted by Crippen LogP contribution is 2.16. The molecule has 0 aliphatic heterocycles. The molecule has 0 fully saturated rings. The van der Waals surface area contributed by atoms with Crippen LogP contribution in [0.1, 0.15) is 42.7 Å². The summed E-state index contributed by atoms with van der Waals surface area (Å²) in [7, 11) is 1.36. The Labute approximate surface area is 122 Å². The van der Waals surface area contributed by atoms with Gasteiger partial charge in [0, 0.05) is 11.4 Å². The molecule has 106 valence electrons. The van der Waals surface area contributed by atoms with Crippen LogP contribution in [0.5, 0.6) is 5.88 Å². The van der Waals surface area contributed by atoms with E-state index in [1.54, 1.807) is 12.1 Å². The van der Waals surface area contributed by atoms with Crippen molar-refractivity contribution in [2.45, 2.75) is 32.0 Å². The first-order valence-electron chi connectivity index (χ1n) is 6.34. The highest BCUT2D eigenvalue weighted by Gasteiger charge is 2.10. The Morgan fingerprint density at radius 1 is 1.42 bits per heavy atom. The van der Waals surface area contributed by atoms with Crippen LogP contribution >= 0.6 is 15.9 Å². The molecule has 0 aromatic carbocycles. The summed E-state index contributed by atoms with van der Waals surface area (Å²) in [6, 6.07) is 3.31. The standard InChI is InChI=1S/C14H20BrNO3/c1-10(2)5-4-6-19-13-8-11(14(17)18-3)7-12(9-15)16-13/h7-8,10H,4-6,9H2,1-3H3. The normalized spacial score (nSPS) is 10.6. The lowest BCUT2D eigenvalue weighted by Gasteiger charge is -2.09. The largest absolute Gasteiger partial charge is 0.478 e. The molecule has 19 heavy (non-hydrogen) atoms. The molecule has 0 atom stereocenters. The van der Waals surface area contributed by atoms with Gasteiger partial charge in [-0.1, -0.05) is 29.8 Å². The first kappa shape index (κ1) is 16.0. The third-order valence-electron chi connectivity index (χ3n) is 2.59. The van der Waals surface area contributed by atoms with Crippen molar-refractivity contribution < 1.29 is 14.3 Å². The third-order valence-corrected chi connectivity index (χ3v) is 3.16. The quantitative estimate of drug-likeness (QED) is 0.436. The lowest BCUT2D eigenvalue weighted by Crippen LogP contribution is -2.06. The molecule has 1 aromatic heterocycles. The molecule has 0 spiro atoms. The predicted molar refractivity (Wildman–Crippen MR) is 77.8 cm³/mol. The molecular formula is C14H20BrNO3. The van der Waals surface area contributed by atoms with Crippen LogP contribution in [0.2, 0.25) is 0 Å². The van der Waals surface area contributed by atoms with Gasteiger partial charge in [0.05, 0.1) is 25.0 Å². The van der Waals surface area contributed by atoms with Crippen LogP contribution in [0, 0.1) is 5.92 Å². The Kier molecular flexibility index (Phi) is 6.84. The zero-order valence-corrected chi connectivity index (χ0v) is 13.2. The van der Waals surface area contributed by atoms with Crippen LogP contribution in [0.15, 0.2) is 12.1 Å². The van der Waals surface area contributed by atoms with Crippen LogP contribution in [0.4, 0.5) is 0 Å². The van der Waals surface area contributed by atoms with E-state index in [-0.39, 0.29) is 5.97 Å². The summed E-state index contributed by atoms with van der Waals surface area (Å²) in [5.74, 6) is 0.758. The van der Waals surface area contributed by atoms with Gasteiger partial charge in [-0.25, -0.2) is 9.78 Å². The number of nitrogens with zero attached hydrogens (tertiary/aromatic N) is 1. The molecule has 1 heterocycles. The van der Waals surface area contributed by atoms with E-state index in [0.717, 1.165) is 18.5 Å². The average Bonchev–Trinajstić information content (AvgIpc) is 2.42. The van der Waals surface area contributed by atoms with Crippen molar-refractivity contribution in [3.8, 4) is 5.88 Å². The maximum Gasteiger partial charge on any atom is 0.338 e. The molecular weight excluding hydrogens is 310 g/mol. The summed E-state index contributed by atoms with van der Waals surface area (Å²) in [5, 5.41) is 0.570. The first-order chi connectivity index (χ1) is 9.06. The topological polar surface area (TPSA) is 48.4 Å². The smallest absolute Gasteiger partial charge is 0.338 e. The predicted octanol–water partition coefficient (Wildman–Crippen LogP) is 3.58. The molecule has 0 saturated carbocycles. The Bertz CT molecular complexity index is 421. The van der Waals surface area contributed by atoms with Crippen LogP contribution in [-0.4, -0.2) is 24.7 Å². The van der Waals surface area contributed by atoms with Gasteiger partial charge >= 0.3 is 5.97 Å². The zero-order chi connectivity index (χ0) is 14.3. The van der Waals surface area contributed by atoms with E-state index in [1.807, 2.05) is 0 Å². The fourth-order valence-electron chi connectivity index (χ4n) is 1.61. The summed E-state index contributed by atoms with van der Waals surface area (Å²) in [6.07, 6.45) is 2.09. The van der Waals surface area contributed by atoms with Crippen LogP contribution < -0.4 is 4.74 Å². The van der Waals surface area contributed by atoms with Crippen molar-refractivity contribution in [3.05, 3.63) is 23.4 Å². The number of hydrogen-bond donors (Lipinski definition) is 0. The molecule has 5 heteroatoms. The molecule has 0 radical (unpaired) electrons. The number of esters is 1. The Balaban J connectivity index is 2.68. The number of hydrogen-bond acceptors (Lipinski definition) is 4. The van der Waals surface area contributed by atoms with Crippen LogP contribution in [0.3, 0.4) is 0 Å². The van der Waals surface area contributed by atoms with Gasteiger partial charge in [-0.15, -0.1) is 0 Å². The maximum absolute atomic E-state index is 11.5. The fourth-order valence-corrected chi connectivity index (χ4v) is 1.89. The number of pyridine rings is 1. The minimum atomic E-state index is -0.378. The highest BCUT2D eigenvalue weighted by molar-refractivity contribution is 9.08. The van der Waals surface area contributed by atoms with Crippen molar-refractivity contribution in [2.24, 2.45) is 5.92 Å². The summed E-state index contributed by atoms with van der Waals surface area (Å²) < 4.78 is 10.3. The van der Waals surface area contributed by atoms with E-state index in [1.165, 1.54) is 7.11 Å². The molecule has 0 N–H and O–H groups in total. The summed E-state index contributed by atoms with van der Waals surface area (Å²) in [5.41, 5.74) is 1.22. The van der Waals surface area contributed by atoms with Gasteiger partial charge in [0.15, 0.2) is 0 Å². The second kappa shape index (κ2) is 8.15. The van der Waals surface area contributed by atoms with E-state index in [2.05, 4.69) is 34.8 Å². The van der Waals surface area contributed by atoms with Gasteiger partial charge in [-0.05, 0) is 24.8 Å². The molecule has 0 amide bonds. The van der Waals surface area contributed by atoms with Gasteiger partial charge in [0.2, 0.25) is 5.88 Å². The van der Waals surface area contributed by atoms with Gasteiger partial charge in [0.1, 0.15) is 0 Å². The van der Waals surface area contributed by atoms with Crippen molar-refractivity contribution in [2.75, 3.05) is 13.7 Å². The van der Waals surface area contributed by atoms with E-state index >= 15 is 0 Å². The molecule has 0 unspecified atom stereocenters. The highest BCUT2D eigenvalue weighted by atomic mass is 79.9. The minimum Gasteiger partial charge on any atom is -0.478 e. The van der Waals surface area contributed by atoms with Crippen LogP contribution in [0.25, 0.3) is 0 Å². The summed E-state index contributed by atoms with van der Waals surface area (Å²) in [4.78, 5) is 15.8. The second-order valence-corrected chi connectivity index (χ2v) is 5.26. The van der Waals surface area contributed by atoms with Gasteiger partial charge < -0.3 is 9.47 Å². The van der Waals surface area contributed by atoms with Gasteiger partial charge in [0.25, 0.3) is 0 Å². The molecule has 0 bridgehead atoms. The molecule has 0 aliphatic carbocycles. The Morgan fingerprint density at radius 3 is 2.74 bits per heavy atom. The zero-order valence-electron chi connectivity index (χ0n) is 11.6. The first-order valence-corrected chi connectivity index (χ1v) is 7.47. The van der Waals surface area contributed by atoms with Gasteiger partial charge in [-0.3, -0.25) is 0 Å². The Morgan fingerprint density at radius 2 is 2.16 bits per heavy atom. The molecule has 1 rings (SSSR count). The summed E-state index contributed by atoms with van der Waals surface area (Å²) in [6.45, 7) is 4.97. The molecule has 4 nitrogen and oxygen atoms in total. The van der Waals surface area contributed by atoms with E-state index in [9.17, 15) is 4.79 Å². The molecule has 1 aromatic rings. The number of carbonyl (C=O) groups is 1. The third kappa shape index (κ3) is 5.59. The van der Waals surface area contributed by atoms with Crippen molar-refractivity contribution in [3.63, 3.8) is 0 Å². The van der Waals surface area contributed by atoms with Crippen molar-refractivity contribution >= 4 is 21.9 Å². The Hall–Kier alpha value is -1.10. The van der Waals surface area contributed by atoms with Crippen molar-refractivity contribution in [1.82, 2.24) is 4.98 Å². The van der Waals surface area contributed by atoms with Crippen molar-refractivity contribution in [1.29, 1.82) is 0 Å². The summed E-state index contributed by atoms with van der Waals surface area (Å²) >= 11 is 3.33. The number of methoxy groups -OCH3 is 1. The van der Waals surface area contributed by atoms with E-state index in [0.29, 0.717) is 29.3 Å². The lowest BCUT2D eigenvalue weighted by molar-refractivity contribution is 0.0600. The monoisotopic (exact) mass is 329 g/mol. The number of carbonyl (C=O) groups excluding carboxylic acids is 1. The fraction of sp³-hybridized carbons (Fsp3) is 0.571. The number of ether oxygens (including phenoxy) is 2. The van der Waals surface area contributed by atoms with Crippen LogP contribution in [-0.2, 0) is 10.1 Å². The number of aromatic nitrogens is 1. The SMILES string of the molecule is COC(=O)c1cc(CBr)nc(OCCCC(C)C)c1. The van der Waals surface area contributed by atoms with E-state index in [4.69, 9.17) is 9.47 Å². The molecule has 0 aliphatic rings. The lowest BCUT2D eigenvalue weighted by atomic mass is 10.1. The minimum absolute atomic E-state index is 0.378. The number of alkyl halides is 1. The maximum atomic E-state index is 11.5. The van der Waals surface area contributed by atoms with E-state index < -0.39 is 0 Å².